The van der Waals surface area contributed by atoms with Crippen LogP contribution in [-0.4, -0.2) is 27.7 Å². The molecule has 7 nitrogen and oxygen atoms in total. The molecule has 0 spiro atoms. The fourth-order valence-electron chi connectivity index (χ4n) is 1.45. The molecule has 0 unspecified atom stereocenters. The number of nitrogens with two attached hydrogens (primary N) is 1. The van der Waals surface area contributed by atoms with Gasteiger partial charge >= 0.3 is 0 Å². The molecule has 2 heterocycles. The highest BCUT2D eigenvalue weighted by molar-refractivity contribution is 5.95. The second-order valence-corrected chi connectivity index (χ2v) is 3.55. The lowest BCUT2D eigenvalue weighted by Gasteiger charge is -2.04. The molecule has 92 valence electrons. The van der Waals surface area contributed by atoms with Crippen molar-refractivity contribution in [3.8, 4) is 0 Å². The molecule has 0 fully saturated rings. The second-order valence-electron chi connectivity index (χ2n) is 3.55. The third-order valence-corrected chi connectivity index (χ3v) is 2.28. The summed E-state index contributed by atoms with van der Waals surface area (Å²) in [7, 11) is 0. The van der Waals surface area contributed by atoms with Gasteiger partial charge in [-0.2, -0.15) is 0 Å². The predicted molar refractivity (Wildman–Crippen MR) is 63.0 cm³/mol. The van der Waals surface area contributed by atoms with Crippen molar-refractivity contribution >= 4 is 17.5 Å². The first kappa shape index (κ1) is 11.8. The summed E-state index contributed by atoms with van der Waals surface area (Å²) >= 11 is 0. The number of primary amides is 1. The van der Waals surface area contributed by atoms with E-state index in [1.807, 2.05) is 0 Å². The molecule has 0 radical (unpaired) electrons. The Morgan fingerprint density at radius 2 is 2.17 bits per heavy atom. The minimum atomic E-state index is -0.683. The molecule has 0 saturated carbocycles. The molecule has 0 bridgehead atoms. The number of amides is 2. The normalized spacial score (nSPS) is 10.2. The van der Waals surface area contributed by atoms with Gasteiger partial charge in [0.1, 0.15) is 11.2 Å². The first-order chi connectivity index (χ1) is 8.59. The number of nitrogens with zero attached hydrogens (tertiary/aromatic N) is 2. The van der Waals surface area contributed by atoms with Gasteiger partial charge in [-0.05, 0) is 12.1 Å². The standard InChI is InChI=1S/C11H10N4O3/c12-8(16)6-14-10(17)7-5-13-9-3-1-2-4-15(9)11(7)18/h1-5H,6H2,(H2,12,16)(H,14,17). The van der Waals surface area contributed by atoms with Gasteiger partial charge in [0, 0.05) is 12.4 Å². The Kier molecular flexibility index (Phi) is 3.05. The van der Waals surface area contributed by atoms with E-state index in [4.69, 9.17) is 5.73 Å². The van der Waals surface area contributed by atoms with E-state index >= 15 is 0 Å². The number of carbonyl (C=O) groups is 2. The van der Waals surface area contributed by atoms with Crippen LogP contribution in [0.25, 0.3) is 5.65 Å². The van der Waals surface area contributed by atoms with Crippen molar-refractivity contribution in [1.82, 2.24) is 14.7 Å². The predicted octanol–water partition coefficient (Wildman–Crippen LogP) is -1.09. The third kappa shape index (κ3) is 2.19. The van der Waals surface area contributed by atoms with E-state index in [0.717, 1.165) is 0 Å². The highest BCUT2D eigenvalue weighted by Crippen LogP contribution is 1.97. The van der Waals surface area contributed by atoms with Crippen LogP contribution in [-0.2, 0) is 4.79 Å². The van der Waals surface area contributed by atoms with E-state index in [-0.39, 0.29) is 12.1 Å². The zero-order chi connectivity index (χ0) is 13.1. The van der Waals surface area contributed by atoms with Gasteiger partial charge in [-0.15, -0.1) is 0 Å². The van der Waals surface area contributed by atoms with Crippen LogP contribution in [0.5, 0.6) is 0 Å². The maximum absolute atomic E-state index is 12.0. The number of rotatable bonds is 3. The zero-order valence-electron chi connectivity index (χ0n) is 9.29. The maximum Gasteiger partial charge on any atom is 0.270 e. The van der Waals surface area contributed by atoms with Crippen molar-refractivity contribution < 1.29 is 9.59 Å². The third-order valence-electron chi connectivity index (χ3n) is 2.28. The van der Waals surface area contributed by atoms with E-state index in [1.165, 1.54) is 16.8 Å². The summed E-state index contributed by atoms with van der Waals surface area (Å²) in [5, 5.41) is 2.24. The molecule has 0 atom stereocenters. The fourth-order valence-corrected chi connectivity index (χ4v) is 1.45. The monoisotopic (exact) mass is 246 g/mol. The van der Waals surface area contributed by atoms with Gasteiger partial charge in [0.05, 0.1) is 6.54 Å². The number of carbonyl (C=O) groups excluding carboxylic acids is 2. The van der Waals surface area contributed by atoms with Gasteiger partial charge in [-0.25, -0.2) is 4.98 Å². The first-order valence-electron chi connectivity index (χ1n) is 5.12. The molecule has 2 amide bonds. The Hall–Kier alpha value is -2.70. The lowest BCUT2D eigenvalue weighted by Crippen LogP contribution is -2.36. The number of hydrogen-bond acceptors (Lipinski definition) is 4. The van der Waals surface area contributed by atoms with Crippen molar-refractivity contribution in [2.75, 3.05) is 6.54 Å². The smallest absolute Gasteiger partial charge is 0.270 e. The Morgan fingerprint density at radius 1 is 1.39 bits per heavy atom. The molecule has 2 aromatic heterocycles. The summed E-state index contributed by atoms with van der Waals surface area (Å²) < 4.78 is 1.25. The Morgan fingerprint density at radius 3 is 2.89 bits per heavy atom. The van der Waals surface area contributed by atoms with E-state index in [9.17, 15) is 14.4 Å². The number of fused-ring (bicyclic) bond motifs is 1. The number of hydrogen-bond donors (Lipinski definition) is 2. The van der Waals surface area contributed by atoms with Crippen molar-refractivity contribution in [1.29, 1.82) is 0 Å². The van der Waals surface area contributed by atoms with Gasteiger partial charge in [-0.3, -0.25) is 18.8 Å². The Labute approximate surface area is 101 Å². The fraction of sp³-hybridized carbons (Fsp3) is 0.0909. The van der Waals surface area contributed by atoms with E-state index in [0.29, 0.717) is 5.65 Å². The quantitative estimate of drug-likeness (QED) is 0.717. The molecule has 2 aromatic rings. The molecule has 18 heavy (non-hydrogen) atoms. The van der Waals surface area contributed by atoms with Crippen LogP contribution in [0.15, 0.2) is 35.4 Å². The highest BCUT2D eigenvalue weighted by atomic mass is 16.2. The highest BCUT2D eigenvalue weighted by Gasteiger charge is 2.13. The molecule has 0 aliphatic heterocycles. The lowest BCUT2D eigenvalue weighted by molar-refractivity contribution is -0.117. The number of nitrogens with one attached hydrogen (secondary N) is 1. The van der Waals surface area contributed by atoms with Crippen molar-refractivity contribution in [2.45, 2.75) is 0 Å². The SMILES string of the molecule is NC(=O)CNC(=O)c1cnc2ccccn2c1=O. The van der Waals surface area contributed by atoms with Gasteiger partial charge in [0.25, 0.3) is 11.5 Å². The molecular formula is C11H10N4O3. The Balaban J connectivity index is 2.40. The van der Waals surface area contributed by atoms with E-state index in [2.05, 4.69) is 10.3 Å². The van der Waals surface area contributed by atoms with Gasteiger partial charge in [-0.1, -0.05) is 6.07 Å². The van der Waals surface area contributed by atoms with E-state index < -0.39 is 17.4 Å². The average Bonchev–Trinajstić information content (AvgIpc) is 2.37. The summed E-state index contributed by atoms with van der Waals surface area (Å²) in [6.45, 7) is -0.324. The molecular weight excluding hydrogens is 236 g/mol. The zero-order valence-corrected chi connectivity index (χ0v) is 9.29. The van der Waals surface area contributed by atoms with Gasteiger partial charge in [0.15, 0.2) is 0 Å². The van der Waals surface area contributed by atoms with Gasteiger partial charge in [0.2, 0.25) is 5.91 Å². The minimum absolute atomic E-state index is 0.139. The second kappa shape index (κ2) is 4.66. The lowest BCUT2D eigenvalue weighted by atomic mass is 10.3. The molecule has 0 aliphatic carbocycles. The van der Waals surface area contributed by atoms with E-state index in [1.54, 1.807) is 18.2 Å². The molecule has 7 heteroatoms. The van der Waals surface area contributed by atoms with Crippen LogP contribution in [0.1, 0.15) is 10.4 Å². The van der Waals surface area contributed by atoms with Crippen LogP contribution in [0.4, 0.5) is 0 Å². The number of aromatic nitrogens is 2. The van der Waals surface area contributed by atoms with Crippen LogP contribution in [0.3, 0.4) is 0 Å². The van der Waals surface area contributed by atoms with Crippen LogP contribution >= 0.6 is 0 Å². The topological polar surface area (TPSA) is 107 Å². The summed E-state index contributed by atoms with van der Waals surface area (Å²) in [5.74, 6) is -1.36. The molecule has 3 N–H and O–H groups in total. The molecule has 0 aromatic carbocycles. The summed E-state index contributed by atoms with van der Waals surface area (Å²) in [6.07, 6.45) is 2.68. The summed E-state index contributed by atoms with van der Waals surface area (Å²) in [6, 6.07) is 5.03. The van der Waals surface area contributed by atoms with Crippen LogP contribution in [0.2, 0.25) is 0 Å². The Bertz CT molecular complexity index is 677. The van der Waals surface area contributed by atoms with Crippen LogP contribution in [0, 0.1) is 0 Å². The van der Waals surface area contributed by atoms with Crippen LogP contribution < -0.4 is 16.6 Å². The van der Waals surface area contributed by atoms with Gasteiger partial charge < -0.3 is 11.1 Å². The molecule has 0 aliphatic rings. The average molecular weight is 246 g/mol. The largest absolute Gasteiger partial charge is 0.368 e. The minimum Gasteiger partial charge on any atom is -0.368 e. The number of pyridine rings is 1. The first-order valence-corrected chi connectivity index (χ1v) is 5.12. The maximum atomic E-state index is 12.0. The summed E-state index contributed by atoms with van der Waals surface area (Å²) in [4.78, 5) is 38.1. The van der Waals surface area contributed by atoms with Crippen molar-refractivity contribution in [2.24, 2.45) is 5.73 Å². The van der Waals surface area contributed by atoms with Crippen molar-refractivity contribution in [3.63, 3.8) is 0 Å². The molecule has 2 rings (SSSR count). The summed E-state index contributed by atoms with van der Waals surface area (Å²) in [5.41, 5.74) is 4.70. The van der Waals surface area contributed by atoms with Crippen molar-refractivity contribution in [3.05, 3.63) is 46.5 Å². The molecule has 0 saturated heterocycles.